The fourth-order valence-corrected chi connectivity index (χ4v) is 2.51. The third kappa shape index (κ3) is 4.40. The maximum atomic E-state index is 11.5. The van der Waals surface area contributed by atoms with E-state index in [1.807, 2.05) is 13.0 Å². The van der Waals surface area contributed by atoms with Crippen LogP contribution in [0.5, 0.6) is 0 Å². The fraction of sp³-hybridized carbons (Fsp3) is 0.357. The third-order valence-electron chi connectivity index (χ3n) is 2.59. The van der Waals surface area contributed by atoms with Gasteiger partial charge in [0.05, 0.1) is 0 Å². The quantitative estimate of drug-likeness (QED) is 0.887. The normalized spacial score (nSPS) is 10.5. The highest BCUT2D eigenvalue weighted by Crippen LogP contribution is 2.18. The largest absolute Gasteiger partial charge is 0.372 e. The van der Waals surface area contributed by atoms with Gasteiger partial charge in [0.15, 0.2) is 0 Å². The van der Waals surface area contributed by atoms with Gasteiger partial charge in [-0.05, 0) is 19.4 Å². The first kappa shape index (κ1) is 14.6. The minimum atomic E-state index is -0.204. The molecule has 2 rings (SSSR count). The van der Waals surface area contributed by atoms with E-state index in [0.29, 0.717) is 11.7 Å². The van der Waals surface area contributed by atoms with Gasteiger partial charge in [0.2, 0.25) is 5.13 Å². The molecule has 1 aromatic heterocycles. The van der Waals surface area contributed by atoms with Crippen LogP contribution in [0.25, 0.3) is 0 Å². The van der Waals surface area contributed by atoms with Gasteiger partial charge in [-0.15, -0.1) is 10.2 Å². The van der Waals surface area contributed by atoms with Crippen LogP contribution in [0.1, 0.15) is 23.1 Å². The molecule has 6 heteroatoms. The zero-order valence-corrected chi connectivity index (χ0v) is 12.4. The van der Waals surface area contributed by atoms with Gasteiger partial charge in [0.25, 0.3) is 5.91 Å². The number of aromatic nitrogens is 2. The molecule has 0 saturated carbocycles. The molecule has 0 aliphatic rings. The van der Waals surface area contributed by atoms with Crippen LogP contribution in [-0.2, 0) is 16.0 Å². The number of benzene rings is 1. The van der Waals surface area contributed by atoms with Crippen LogP contribution in [-0.4, -0.2) is 29.3 Å². The number of hydrogen-bond acceptors (Lipinski definition) is 5. The number of ether oxygens (including phenoxy) is 1. The molecule has 0 unspecified atom stereocenters. The molecule has 0 spiro atoms. The van der Waals surface area contributed by atoms with Crippen molar-refractivity contribution in [2.24, 2.45) is 0 Å². The summed E-state index contributed by atoms with van der Waals surface area (Å²) >= 11 is 1.39. The van der Waals surface area contributed by atoms with E-state index in [9.17, 15) is 4.79 Å². The van der Waals surface area contributed by atoms with Crippen molar-refractivity contribution in [3.63, 3.8) is 0 Å². The van der Waals surface area contributed by atoms with Gasteiger partial charge in [0.1, 0.15) is 11.6 Å². The van der Waals surface area contributed by atoms with Gasteiger partial charge in [-0.2, -0.15) is 0 Å². The summed E-state index contributed by atoms with van der Waals surface area (Å²) in [5.41, 5.74) is 2.41. The maximum Gasteiger partial charge on any atom is 0.252 e. The number of nitrogens with one attached hydrogen (secondary N) is 1. The molecule has 2 aromatic rings. The average molecular weight is 291 g/mol. The van der Waals surface area contributed by atoms with E-state index in [-0.39, 0.29) is 12.5 Å². The number of nitrogens with zero attached hydrogens (tertiary/aromatic N) is 2. The number of anilines is 1. The first-order chi connectivity index (χ1) is 9.67. The molecule has 0 saturated heterocycles. The Morgan fingerprint density at radius 2 is 2.25 bits per heavy atom. The third-order valence-corrected chi connectivity index (χ3v) is 3.43. The minimum Gasteiger partial charge on any atom is -0.372 e. The maximum absolute atomic E-state index is 11.5. The first-order valence-electron chi connectivity index (χ1n) is 6.43. The number of amides is 1. The molecule has 1 N–H and O–H groups in total. The van der Waals surface area contributed by atoms with Gasteiger partial charge in [0, 0.05) is 13.0 Å². The van der Waals surface area contributed by atoms with Crippen LogP contribution >= 0.6 is 11.3 Å². The van der Waals surface area contributed by atoms with Crippen LogP contribution < -0.4 is 5.32 Å². The van der Waals surface area contributed by atoms with Crippen LogP contribution in [0.15, 0.2) is 24.3 Å². The topological polar surface area (TPSA) is 64.1 Å². The van der Waals surface area contributed by atoms with Gasteiger partial charge in [-0.25, -0.2) is 0 Å². The van der Waals surface area contributed by atoms with Gasteiger partial charge in [-0.3, -0.25) is 10.1 Å². The Morgan fingerprint density at radius 3 is 3.00 bits per heavy atom. The molecule has 0 fully saturated rings. The van der Waals surface area contributed by atoms with Crippen molar-refractivity contribution in [2.45, 2.75) is 20.3 Å². The second kappa shape index (κ2) is 7.12. The molecule has 106 valence electrons. The molecule has 0 radical (unpaired) electrons. The zero-order valence-electron chi connectivity index (χ0n) is 11.5. The molecule has 1 aromatic carbocycles. The van der Waals surface area contributed by atoms with E-state index in [4.69, 9.17) is 4.74 Å². The van der Waals surface area contributed by atoms with Crippen molar-refractivity contribution in [1.29, 1.82) is 0 Å². The van der Waals surface area contributed by atoms with Crippen LogP contribution in [0.4, 0.5) is 5.13 Å². The number of carbonyl (C=O) groups excluding carboxylic acids is 1. The number of carbonyl (C=O) groups is 1. The second-order valence-corrected chi connectivity index (χ2v) is 5.41. The van der Waals surface area contributed by atoms with E-state index < -0.39 is 0 Å². The van der Waals surface area contributed by atoms with E-state index in [1.54, 1.807) is 0 Å². The Bertz CT molecular complexity index is 583. The van der Waals surface area contributed by atoms with Crippen molar-refractivity contribution >= 4 is 22.4 Å². The Morgan fingerprint density at radius 1 is 1.40 bits per heavy atom. The Hall–Kier alpha value is -1.79. The summed E-state index contributed by atoms with van der Waals surface area (Å²) in [5.74, 6) is -0.204. The Balaban J connectivity index is 1.93. The summed E-state index contributed by atoms with van der Waals surface area (Å²) < 4.78 is 5.03. The molecular formula is C14H17N3O2S. The number of aryl methyl sites for hydroxylation is 1. The monoisotopic (exact) mass is 291 g/mol. The van der Waals surface area contributed by atoms with Crippen LogP contribution in [0, 0.1) is 6.92 Å². The molecule has 0 aliphatic heterocycles. The summed E-state index contributed by atoms with van der Waals surface area (Å²) in [6.45, 7) is 4.46. The van der Waals surface area contributed by atoms with Gasteiger partial charge < -0.3 is 4.74 Å². The van der Waals surface area contributed by atoms with Gasteiger partial charge in [-0.1, -0.05) is 41.2 Å². The highest BCUT2D eigenvalue weighted by molar-refractivity contribution is 7.15. The van der Waals surface area contributed by atoms with Crippen molar-refractivity contribution in [3.8, 4) is 0 Å². The lowest BCUT2D eigenvalue weighted by Gasteiger charge is -2.00. The highest BCUT2D eigenvalue weighted by atomic mass is 32.1. The summed E-state index contributed by atoms with van der Waals surface area (Å²) in [6.07, 6.45) is 0.723. The fourth-order valence-electron chi connectivity index (χ4n) is 1.72. The predicted molar refractivity (Wildman–Crippen MR) is 79.0 cm³/mol. The molecule has 5 nitrogen and oxygen atoms in total. The molecular weight excluding hydrogens is 274 g/mol. The Labute approximate surface area is 122 Å². The van der Waals surface area contributed by atoms with Crippen molar-refractivity contribution in [3.05, 3.63) is 40.4 Å². The van der Waals surface area contributed by atoms with Crippen LogP contribution in [0.3, 0.4) is 0 Å². The summed E-state index contributed by atoms with van der Waals surface area (Å²) in [5, 5.41) is 12.1. The first-order valence-corrected chi connectivity index (χ1v) is 7.24. The smallest absolute Gasteiger partial charge is 0.252 e. The molecule has 0 aliphatic carbocycles. The number of hydrogen-bond donors (Lipinski definition) is 1. The highest BCUT2D eigenvalue weighted by Gasteiger charge is 2.08. The molecule has 1 amide bonds. The SMILES string of the molecule is CCOCC(=O)Nc1nnc(Cc2cccc(C)c2)s1. The second-order valence-electron chi connectivity index (χ2n) is 4.35. The lowest BCUT2D eigenvalue weighted by molar-refractivity contribution is -0.120. The summed E-state index contributed by atoms with van der Waals surface area (Å²) in [4.78, 5) is 11.5. The molecule has 1 heterocycles. The predicted octanol–water partition coefficient (Wildman–Crippen LogP) is 2.41. The van der Waals surface area contributed by atoms with E-state index >= 15 is 0 Å². The summed E-state index contributed by atoms with van der Waals surface area (Å²) in [6, 6.07) is 8.26. The lowest BCUT2D eigenvalue weighted by atomic mass is 10.1. The van der Waals surface area contributed by atoms with E-state index in [2.05, 4.69) is 40.6 Å². The van der Waals surface area contributed by atoms with Crippen molar-refractivity contribution < 1.29 is 9.53 Å². The van der Waals surface area contributed by atoms with Crippen molar-refractivity contribution in [1.82, 2.24) is 10.2 Å². The molecule has 20 heavy (non-hydrogen) atoms. The summed E-state index contributed by atoms with van der Waals surface area (Å²) in [7, 11) is 0. The Kier molecular flexibility index (Phi) is 5.20. The molecule has 0 bridgehead atoms. The lowest BCUT2D eigenvalue weighted by Crippen LogP contribution is -2.17. The van der Waals surface area contributed by atoms with Crippen molar-refractivity contribution in [2.75, 3.05) is 18.5 Å². The standard InChI is InChI=1S/C14H17N3O2S/c1-3-19-9-12(18)15-14-17-16-13(20-14)8-11-6-4-5-10(2)7-11/h4-7H,3,8-9H2,1-2H3,(H,15,17,18). The zero-order chi connectivity index (χ0) is 14.4. The minimum absolute atomic E-state index is 0.0449. The molecule has 0 atom stereocenters. The van der Waals surface area contributed by atoms with E-state index in [1.165, 1.54) is 22.5 Å². The van der Waals surface area contributed by atoms with Gasteiger partial charge >= 0.3 is 0 Å². The average Bonchev–Trinajstić information content (AvgIpc) is 2.83. The van der Waals surface area contributed by atoms with Crippen LogP contribution in [0.2, 0.25) is 0 Å². The van der Waals surface area contributed by atoms with E-state index in [0.717, 1.165) is 11.4 Å². The number of rotatable bonds is 6.